The number of rotatable bonds is 2. The van der Waals surface area contributed by atoms with Gasteiger partial charge in [-0.1, -0.05) is 24.3 Å². The molecule has 0 aliphatic carbocycles. The standard InChI is InChI=1S/C15H13N3O/c16-13-10-18(8-7-15(13)19)9-12-6-5-11-3-1-2-4-14(11)17-12/h1-8,10H,9,16H2. The average Bonchev–Trinajstić information content (AvgIpc) is 2.43. The van der Waals surface area contributed by atoms with Crippen LogP contribution in [0.4, 0.5) is 5.69 Å². The van der Waals surface area contributed by atoms with Crippen molar-refractivity contribution in [2.24, 2.45) is 0 Å². The zero-order chi connectivity index (χ0) is 13.2. The van der Waals surface area contributed by atoms with Crippen LogP contribution in [-0.4, -0.2) is 9.55 Å². The molecule has 3 aromatic rings. The number of nitrogens with two attached hydrogens (primary N) is 1. The Hall–Kier alpha value is -2.62. The molecule has 3 rings (SSSR count). The topological polar surface area (TPSA) is 60.9 Å². The molecule has 0 saturated carbocycles. The SMILES string of the molecule is Nc1cn(Cc2ccc3ccccc3n2)ccc1=O. The molecule has 0 unspecified atom stereocenters. The van der Waals surface area contributed by atoms with E-state index >= 15 is 0 Å². The Morgan fingerprint density at radius 3 is 2.79 bits per heavy atom. The van der Waals surface area contributed by atoms with Crippen LogP contribution >= 0.6 is 0 Å². The lowest BCUT2D eigenvalue weighted by Gasteiger charge is -2.07. The number of benzene rings is 1. The van der Waals surface area contributed by atoms with Gasteiger partial charge in [0.25, 0.3) is 0 Å². The highest BCUT2D eigenvalue weighted by atomic mass is 16.1. The highest BCUT2D eigenvalue weighted by Crippen LogP contribution is 2.12. The summed E-state index contributed by atoms with van der Waals surface area (Å²) in [4.78, 5) is 15.8. The first-order chi connectivity index (χ1) is 9.22. The lowest BCUT2D eigenvalue weighted by Crippen LogP contribution is -2.11. The summed E-state index contributed by atoms with van der Waals surface area (Å²) in [6.07, 6.45) is 3.36. The molecule has 0 spiro atoms. The van der Waals surface area contributed by atoms with E-state index in [2.05, 4.69) is 4.98 Å². The van der Waals surface area contributed by atoms with E-state index in [0.717, 1.165) is 16.6 Å². The number of fused-ring (bicyclic) bond motifs is 1. The summed E-state index contributed by atoms with van der Waals surface area (Å²) in [5.41, 5.74) is 7.61. The van der Waals surface area contributed by atoms with Crippen LogP contribution in [0.25, 0.3) is 10.9 Å². The summed E-state index contributed by atoms with van der Waals surface area (Å²) in [5, 5.41) is 1.12. The van der Waals surface area contributed by atoms with Crippen molar-refractivity contribution in [3.05, 3.63) is 70.8 Å². The maximum Gasteiger partial charge on any atom is 0.204 e. The van der Waals surface area contributed by atoms with Crippen LogP contribution in [0, 0.1) is 0 Å². The minimum atomic E-state index is -0.150. The Bertz CT molecular complexity index is 792. The summed E-state index contributed by atoms with van der Waals surface area (Å²) >= 11 is 0. The van der Waals surface area contributed by atoms with Crippen molar-refractivity contribution < 1.29 is 0 Å². The Morgan fingerprint density at radius 1 is 1.11 bits per heavy atom. The highest BCUT2D eigenvalue weighted by molar-refractivity contribution is 5.78. The Balaban J connectivity index is 1.96. The van der Waals surface area contributed by atoms with Crippen LogP contribution in [0.15, 0.2) is 59.7 Å². The van der Waals surface area contributed by atoms with Gasteiger partial charge < -0.3 is 10.3 Å². The van der Waals surface area contributed by atoms with Crippen LogP contribution < -0.4 is 11.2 Å². The van der Waals surface area contributed by atoms with E-state index in [1.807, 2.05) is 41.0 Å². The van der Waals surface area contributed by atoms with E-state index < -0.39 is 0 Å². The molecule has 0 radical (unpaired) electrons. The second-order valence-electron chi connectivity index (χ2n) is 4.43. The molecule has 4 heteroatoms. The molecule has 0 aliphatic rings. The third kappa shape index (κ3) is 2.33. The van der Waals surface area contributed by atoms with Crippen LogP contribution in [0.5, 0.6) is 0 Å². The third-order valence-corrected chi connectivity index (χ3v) is 3.01. The molecule has 19 heavy (non-hydrogen) atoms. The van der Waals surface area contributed by atoms with E-state index in [1.165, 1.54) is 6.07 Å². The van der Waals surface area contributed by atoms with Crippen LogP contribution in [-0.2, 0) is 6.54 Å². The molecule has 2 aromatic heterocycles. The van der Waals surface area contributed by atoms with Gasteiger partial charge in [-0.05, 0) is 12.1 Å². The van der Waals surface area contributed by atoms with E-state index in [9.17, 15) is 4.79 Å². The molecule has 2 heterocycles. The van der Waals surface area contributed by atoms with Gasteiger partial charge in [0.1, 0.15) is 0 Å². The van der Waals surface area contributed by atoms with Gasteiger partial charge >= 0.3 is 0 Å². The molecule has 0 atom stereocenters. The quantitative estimate of drug-likeness (QED) is 0.758. The number of anilines is 1. The Morgan fingerprint density at radius 2 is 1.95 bits per heavy atom. The second kappa shape index (κ2) is 4.57. The first kappa shape index (κ1) is 11.5. The number of nitrogen functional groups attached to an aromatic ring is 1. The largest absolute Gasteiger partial charge is 0.394 e. The number of hydrogen-bond donors (Lipinski definition) is 1. The molecule has 0 bridgehead atoms. The molecule has 0 aliphatic heterocycles. The monoisotopic (exact) mass is 251 g/mol. The van der Waals surface area contributed by atoms with E-state index in [0.29, 0.717) is 6.54 Å². The summed E-state index contributed by atoms with van der Waals surface area (Å²) in [7, 11) is 0. The van der Waals surface area contributed by atoms with Crippen molar-refractivity contribution in [1.29, 1.82) is 0 Å². The smallest absolute Gasteiger partial charge is 0.204 e. The van der Waals surface area contributed by atoms with Gasteiger partial charge in [-0.25, -0.2) is 0 Å². The van der Waals surface area contributed by atoms with Crippen molar-refractivity contribution in [1.82, 2.24) is 9.55 Å². The van der Waals surface area contributed by atoms with Gasteiger partial charge in [-0.3, -0.25) is 9.78 Å². The number of para-hydroxylation sites is 1. The maximum absolute atomic E-state index is 11.2. The van der Waals surface area contributed by atoms with Gasteiger partial charge in [0.2, 0.25) is 5.43 Å². The zero-order valence-electron chi connectivity index (χ0n) is 10.3. The van der Waals surface area contributed by atoms with Gasteiger partial charge in [0.05, 0.1) is 23.4 Å². The number of hydrogen-bond acceptors (Lipinski definition) is 3. The van der Waals surface area contributed by atoms with Crippen molar-refractivity contribution in [3.8, 4) is 0 Å². The van der Waals surface area contributed by atoms with Crippen molar-refractivity contribution in [3.63, 3.8) is 0 Å². The van der Waals surface area contributed by atoms with Gasteiger partial charge in [-0.15, -0.1) is 0 Å². The maximum atomic E-state index is 11.2. The second-order valence-corrected chi connectivity index (χ2v) is 4.43. The minimum absolute atomic E-state index is 0.150. The van der Waals surface area contributed by atoms with Crippen LogP contribution in [0.3, 0.4) is 0 Å². The predicted molar refractivity (Wildman–Crippen MR) is 76.0 cm³/mol. The fourth-order valence-corrected chi connectivity index (χ4v) is 2.03. The number of aromatic nitrogens is 2. The average molecular weight is 251 g/mol. The molecule has 1 aromatic carbocycles. The molecule has 4 nitrogen and oxygen atoms in total. The molecular formula is C15H13N3O. The fourth-order valence-electron chi connectivity index (χ4n) is 2.03. The first-order valence-corrected chi connectivity index (χ1v) is 6.02. The van der Waals surface area contributed by atoms with E-state index in [-0.39, 0.29) is 11.1 Å². The van der Waals surface area contributed by atoms with E-state index in [4.69, 9.17) is 5.73 Å². The van der Waals surface area contributed by atoms with Crippen molar-refractivity contribution in [2.75, 3.05) is 5.73 Å². The number of pyridine rings is 2. The lowest BCUT2D eigenvalue weighted by molar-refractivity contribution is 0.771. The highest BCUT2D eigenvalue weighted by Gasteiger charge is 2.00. The lowest BCUT2D eigenvalue weighted by atomic mass is 10.2. The van der Waals surface area contributed by atoms with Gasteiger partial charge in [0, 0.05) is 23.8 Å². The summed E-state index contributed by atoms with van der Waals surface area (Å²) in [6.45, 7) is 0.593. The Labute approximate surface area is 110 Å². The van der Waals surface area contributed by atoms with E-state index in [1.54, 1.807) is 12.4 Å². The Kier molecular flexibility index (Phi) is 2.76. The fraction of sp³-hybridized carbons (Fsp3) is 0.0667. The van der Waals surface area contributed by atoms with Crippen LogP contribution in [0.1, 0.15) is 5.69 Å². The molecular weight excluding hydrogens is 238 g/mol. The summed E-state index contributed by atoms with van der Waals surface area (Å²) in [5.74, 6) is 0. The molecule has 0 fully saturated rings. The molecule has 0 saturated heterocycles. The summed E-state index contributed by atoms with van der Waals surface area (Å²) in [6, 6.07) is 13.5. The first-order valence-electron chi connectivity index (χ1n) is 6.02. The van der Waals surface area contributed by atoms with Crippen molar-refractivity contribution >= 4 is 16.6 Å². The molecule has 94 valence electrons. The third-order valence-electron chi connectivity index (χ3n) is 3.01. The van der Waals surface area contributed by atoms with Gasteiger partial charge in [0.15, 0.2) is 0 Å². The van der Waals surface area contributed by atoms with Crippen molar-refractivity contribution in [2.45, 2.75) is 6.54 Å². The molecule has 2 N–H and O–H groups in total. The van der Waals surface area contributed by atoms with Gasteiger partial charge in [-0.2, -0.15) is 0 Å². The zero-order valence-corrected chi connectivity index (χ0v) is 10.3. The summed E-state index contributed by atoms with van der Waals surface area (Å²) < 4.78 is 1.86. The minimum Gasteiger partial charge on any atom is -0.394 e. The predicted octanol–water partition coefficient (Wildman–Crippen LogP) is 2.03. The molecule has 0 amide bonds. The van der Waals surface area contributed by atoms with Crippen LogP contribution in [0.2, 0.25) is 0 Å². The number of nitrogens with zero attached hydrogens (tertiary/aromatic N) is 2. The normalized spacial score (nSPS) is 10.7.